The summed E-state index contributed by atoms with van der Waals surface area (Å²) in [5.74, 6) is 26.2. The molecule has 0 saturated carbocycles. The van der Waals surface area contributed by atoms with E-state index >= 15 is 0 Å². The molecule has 0 amide bonds. The van der Waals surface area contributed by atoms with Crippen LogP contribution in [-0.4, -0.2) is 19.9 Å². The lowest BCUT2D eigenvalue weighted by Crippen LogP contribution is -2.31. The molecular weight excluding hydrogens is 693 g/mol. The van der Waals surface area contributed by atoms with Crippen LogP contribution in [0.5, 0.6) is 0 Å². The number of nitrogens with zero attached hydrogens (tertiary/aromatic N) is 4. The first-order chi connectivity index (χ1) is 28.2. The van der Waals surface area contributed by atoms with Crippen molar-refractivity contribution in [2.75, 3.05) is 0 Å². The Hall–Kier alpha value is -8.28. The minimum atomic E-state index is -0.741. The molecule has 0 saturated heterocycles. The Balaban J connectivity index is 1.27. The van der Waals surface area contributed by atoms with Gasteiger partial charge in [0.15, 0.2) is 0 Å². The number of hydrogen-bond donors (Lipinski definition) is 0. The molecule has 57 heavy (non-hydrogen) atoms. The van der Waals surface area contributed by atoms with E-state index in [2.05, 4.69) is 164 Å². The van der Waals surface area contributed by atoms with Crippen molar-refractivity contribution in [1.82, 2.24) is 19.9 Å². The minimum absolute atomic E-state index is 0.741. The second-order valence-electron chi connectivity index (χ2n) is 13.0. The van der Waals surface area contributed by atoms with Crippen LogP contribution in [0.15, 0.2) is 195 Å². The largest absolute Gasteiger partial charge is 0.263 e. The molecule has 4 aromatic heterocycles. The summed E-state index contributed by atoms with van der Waals surface area (Å²) in [5, 5.41) is 0. The molecular formula is C53H32N4. The number of benzene rings is 4. The van der Waals surface area contributed by atoms with Gasteiger partial charge in [0.1, 0.15) is 0 Å². The van der Waals surface area contributed by atoms with E-state index in [-0.39, 0.29) is 0 Å². The van der Waals surface area contributed by atoms with Gasteiger partial charge in [-0.3, -0.25) is 19.9 Å². The molecule has 4 heterocycles. The van der Waals surface area contributed by atoms with Crippen molar-refractivity contribution in [2.24, 2.45) is 0 Å². The normalized spacial score (nSPS) is 10.2. The molecule has 4 nitrogen and oxygen atoms in total. The van der Waals surface area contributed by atoms with Crippen LogP contribution < -0.4 is 0 Å². The summed E-state index contributed by atoms with van der Waals surface area (Å²) in [5.41, 5.74) is 10.6. The summed E-state index contributed by atoms with van der Waals surface area (Å²) >= 11 is 0. The van der Waals surface area contributed by atoms with Crippen LogP contribution in [0, 0.1) is 47.4 Å². The molecule has 264 valence electrons. The molecule has 0 atom stereocenters. The predicted molar refractivity (Wildman–Crippen MR) is 226 cm³/mol. The predicted octanol–water partition coefficient (Wildman–Crippen LogP) is 9.25. The van der Waals surface area contributed by atoms with Gasteiger partial charge < -0.3 is 0 Å². The molecule has 8 aromatic rings. The molecule has 0 bridgehead atoms. The second kappa shape index (κ2) is 17.2. The van der Waals surface area contributed by atoms with Gasteiger partial charge in [0, 0.05) is 94.1 Å². The van der Waals surface area contributed by atoms with Crippen molar-refractivity contribution in [1.29, 1.82) is 0 Å². The van der Waals surface area contributed by atoms with Crippen LogP contribution in [0.1, 0.15) is 66.8 Å². The fourth-order valence-corrected chi connectivity index (χ4v) is 6.54. The van der Waals surface area contributed by atoms with E-state index < -0.39 is 5.41 Å². The average Bonchev–Trinajstić information content (AvgIpc) is 3.29. The maximum atomic E-state index is 4.21. The molecule has 0 radical (unpaired) electrons. The quantitative estimate of drug-likeness (QED) is 0.134. The van der Waals surface area contributed by atoms with Gasteiger partial charge in [0.2, 0.25) is 0 Å². The molecule has 4 aromatic carbocycles. The van der Waals surface area contributed by atoms with Crippen molar-refractivity contribution in [2.45, 2.75) is 5.41 Å². The summed E-state index contributed by atoms with van der Waals surface area (Å²) in [6.07, 6.45) is 14.1. The van der Waals surface area contributed by atoms with Crippen molar-refractivity contribution >= 4 is 0 Å². The van der Waals surface area contributed by atoms with Gasteiger partial charge in [-0.15, -0.1) is 0 Å². The maximum absolute atomic E-state index is 4.21. The zero-order chi connectivity index (χ0) is 38.5. The van der Waals surface area contributed by atoms with Gasteiger partial charge in [-0.25, -0.2) is 0 Å². The lowest BCUT2D eigenvalue weighted by atomic mass is 9.65. The highest BCUT2D eigenvalue weighted by molar-refractivity contribution is 5.63. The summed E-state index contributed by atoms with van der Waals surface area (Å²) in [6.45, 7) is 0. The zero-order valence-corrected chi connectivity index (χ0v) is 30.8. The SMILES string of the molecule is C(#Cc1cccnc1)c1ccc(C(c2ccc(C#Cc3cccnc3)cc2)(c2ccc(C#Cc3cccnc3)cc2)c2ccc(C#Cc3cccnc3)cc2)cc1. The van der Waals surface area contributed by atoms with Gasteiger partial charge in [-0.2, -0.15) is 0 Å². The van der Waals surface area contributed by atoms with E-state index in [1.807, 2.05) is 48.5 Å². The van der Waals surface area contributed by atoms with Gasteiger partial charge in [-0.05, 0) is 119 Å². The minimum Gasteiger partial charge on any atom is -0.263 e. The first-order valence-corrected chi connectivity index (χ1v) is 18.3. The number of rotatable bonds is 4. The fraction of sp³-hybridized carbons (Fsp3) is 0.0189. The second-order valence-corrected chi connectivity index (χ2v) is 13.0. The van der Waals surface area contributed by atoms with Crippen LogP contribution >= 0.6 is 0 Å². The highest BCUT2D eigenvalue weighted by Crippen LogP contribution is 2.45. The first kappa shape index (κ1) is 35.7. The Labute approximate surface area is 333 Å². The van der Waals surface area contributed by atoms with E-state index in [4.69, 9.17) is 0 Å². The summed E-state index contributed by atoms with van der Waals surface area (Å²) in [7, 11) is 0. The molecule has 0 aliphatic heterocycles. The molecule has 0 aliphatic carbocycles. The molecule has 0 N–H and O–H groups in total. The Kier molecular flexibility index (Phi) is 10.8. The van der Waals surface area contributed by atoms with E-state index in [1.54, 1.807) is 49.6 Å². The monoisotopic (exact) mass is 724 g/mol. The lowest BCUT2D eigenvalue weighted by Gasteiger charge is -2.37. The summed E-state index contributed by atoms with van der Waals surface area (Å²) in [4.78, 5) is 16.8. The van der Waals surface area contributed by atoms with Gasteiger partial charge in [0.25, 0.3) is 0 Å². The van der Waals surface area contributed by atoms with Gasteiger partial charge >= 0.3 is 0 Å². The third-order valence-corrected chi connectivity index (χ3v) is 9.32. The standard InChI is InChI=1S/C53H32N4/c1-5-45(37-54-33-1)13-9-41-17-25-49(26-18-41)53(50-27-19-42(20-28-50)10-14-46-6-2-34-55-38-46,51-29-21-43(22-30-51)11-15-47-7-3-35-56-39-47)52-31-23-44(24-32-52)12-16-48-8-4-36-57-40-48/h1-8,17-40H. The maximum Gasteiger partial charge on any atom is 0.0701 e. The molecule has 0 fully saturated rings. The number of hydrogen-bond acceptors (Lipinski definition) is 4. The third kappa shape index (κ3) is 8.60. The molecule has 0 unspecified atom stereocenters. The lowest BCUT2D eigenvalue weighted by molar-refractivity contribution is 0.744. The van der Waals surface area contributed by atoms with Crippen LogP contribution in [0.3, 0.4) is 0 Å². The highest BCUT2D eigenvalue weighted by Gasteiger charge is 2.38. The summed E-state index contributed by atoms with van der Waals surface area (Å²) in [6, 6.07) is 49.5. The van der Waals surface area contributed by atoms with Crippen molar-refractivity contribution in [3.05, 3.63) is 262 Å². The van der Waals surface area contributed by atoms with Crippen molar-refractivity contribution in [3.8, 4) is 47.4 Å². The Morgan fingerprint density at radius 2 is 0.456 bits per heavy atom. The first-order valence-electron chi connectivity index (χ1n) is 18.3. The molecule has 0 aliphatic rings. The number of pyridine rings is 4. The smallest absolute Gasteiger partial charge is 0.0701 e. The van der Waals surface area contributed by atoms with E-state index in [9.17, 15) is 0 Å². The highest BCUT2D eigenvalue weighted by atomic mass is 14.6. The Morgan fingerprint density at radius 3 is 0.649 bits per heavy atom. The zero-order valence-electron chi connectivity index (χ0n) is 30.8. The summed E-state index contributed by atoms with van der Waals surface area (Å²) < 4.78 is 0. The molecule has 8 rings (SSSR count). The van der Waals surface area contributed by atoms with E-state index in [0.717, 1.165) is 66.8 Å². The van der Waals surface area contributed by atoms with Crippen LogP contribution in [0.25, 0.3) is 0 Å². The van der Waals surface area contributed by atoms with Crippen LogP contribution in [0.4, 0.5) is 0 Å². The van der Waals surface area contributed by atoms with Crippen molar-refractivity contribution in [3.63, 3.8) is 0 Å². The van der Waals surface area contributed by atoms with Crippen molar-refractivity contribution < 1.29 is 0 Å². The fourth-order valence-electron chi connectivity index (χ4n) is 6.54. The third-order valence-electron chi connectivity index (χ3n) is 9.32. The number of aromatic nitrogens is 4. The Morgan fingerprint density at radius 1 is 0.246 bits per heavy atom. The van der Waals surface area contributed by atoms with Crippen LogP contribution in [0.2, 0.25) is 0 Å². The molecule has 4 heteroatoms. The topological polar surface area (TPSA) is 51.6 Å². The Bertz CT molecular complexity index is 2430. The van der Waals surface area contributed by atoms with E-state index in [0.29, 0.717) is 0 Å². The van der Waals surface area contributed by atoms with Crippen LogP contribution in [-0.2, 0) is 5.41 Å². The average molecular weight is 725 g/mol. The van der Waals surface area contributed by atoms with E-state index in [1.165, 1.54) is 0 Å². The molecule has 0 spiro atoms. The van der Waals surface area contributed by atoms with Gasteiger partial charge in [-0.1, -0.05) is 95.9 Å². The van der Waals surface area contributed by atoms with Gasteiger partial charge in [0.05, 0.1) is 5.41 Å².